The molecule has 7 heteroatoms. The molecule has 2 aromatic rings. The molecule has 1 aromatic carbocycles. The number of anilines is 1. The van der Waals surface area contributed by atoms with Crippen molar-refractivity contribution in [3.05, 3.63) is 49.0 Å². The zero-order chi connectivity index (χ0) is 15.4. The van der Waals surface area contributed by atoms with Crippen LogP contribution in [-0.2, 0) is 11.3 Å². The van der Waals surface area contributed by atoms with Crippen LogP contribution in [0.15, 0.2) is 34.8 Å². The van der Waals surface area contributed by atoms with Gasteiger partial charge in [0.1, 0.15) is 0 Å². The molecule has 0 fully saturated rings. The van der Waals surface area contributed by atoms with Gasteiger partial charge in [0.05, 0.1) is 21.6 Å². The average Bonchev–Trinajstić information content (AvgIpc) is 2.78. The Labute approximate surface area is 146 Å². The van der Waals surface area contributed by atoms with E-state index < -0.39 is 0 Å². The van der Waals surface area contributed by atoms with Crippen molar-refractivity contribution in [3.8, 4) is 0 Å². The fraction of sp³-hybridized carbons (Fsp3) is 0.214. The minimum absolute atomic E-state index is 0.107. The molecule has 0 radical (unpaired) electrons. The van der Waals surface area contributed by atoms with Gasteiger partial charge in [-0.05, 0) is 37.4 Å². The molecule has 21 heavy (non-hydrogen) atoms. The van der Waals surface area contributed by atoms with Crippen molar-refractivity contribution in [2.75, 3.05) is 18.9 Å². The van der Waals surface area contributed by atoms with Crippen LogP contribution < -0.4 is 5.32 Å². The number of hydrogen-bond donors (Lipinski definition) is 1. The number of nitrogens with zero attached hydrogens (tertiary/aromatic N) is 1. The quantitative estimate of drug-likeness (QED) is 0.765. The van der Waals surface area contributed by atoms with Crippen molar-refractivity contribution in [1.29, 1.82) is 0 Å². The second-order valence-corrected chi connectivity index (χ2v) is 7.67. The summed E-state index contributed by atoms with van der Waals surface area (Å²) in [6.45, 7) is 0.959. The van der Waals surface area contributed by atoms with E-state index in [9.17, 15) is 4.79 Å². The maximum absolute atomic E-state index is 12.0. The first-order valence-corrected chi connectivity index (χ1v) is 8.48. The van der Waals surface area contributed by atoms with Gasteiger partial charge in [0.25, 0.3) is 0 Å². The summed E-state index contributed by atoms with van der Waals surface area (Å²) in [4.78, 5) is 15.1. The van der Waals surface area contributed by atoms with Gasteiger partial charge in [-0.2, -0.15) is 0 Å². The Morgan fingerprint density at radius 1 is 1.33 bits per heavy atom. The largest absolute Gasteiger partial charge is 0.324 e. The smallest absolute Gasteiger partial charge is 0.238 e. The van der Waals surface area contributed by atoms with Crippen molar-refractivity contribution in [3.63, 3.8) is 0 Å². The summed E-state index contributed by atoms with van der Waals surface area (Å²) < 4.78 is 1.63. The number of benzene rings is 1. The number of halogens is 3. The summed E-state index contributed by atoms with van der Waals surface area (Å²) in [5.74, 6) is -0.107. The number of carbonyl (C=O) groups is 1. The maximum Gasteiger partial charge on any atom is 0.238 e. The van der Waals surface area contributed by atoms with Crippen molar-refractivity contribution in [2.24, 2.45) is 0 Å². The van der Waals surface area contributed by atoms with Gasteiger partial charge in [0.15, 0.2) is 0 Å². The molecule has 0 saturated carbocycles. The van der Waals surface area contributed by atoms with Crippen LogP contribution in [0.2, 0.25) is 9.36 Å². The molecule has 0 spiro atoms. The van der Waals surface area contributed by atoms with Crippen LogP contribution in [0.1, 0.15) is 4.88 Å². The Hall–Kier alpha value is -0.590. The SMILES string of the molecule is CN(CC(=O)Nc1ccc(Br)cc1Cl)Cc1ccc(Cl)s1. The summed E-state index contributed by atoms with van der Waals surface area (Å²) in [7, 11) is 1.89. The van der Waals surface area contributed by atoms with Gasteiger partial charge < -0.3 is 5.32 Å². The van der Waals surface area contributed by atoms with Crippen LogP contribution >= 0.6 is 50.5 Å². The predicted molar refractivity (Wildman–Crippen MR) is 93.4 cm³/mol. The monoisotopic (exact) mass is 406 g/mol. The number of amides is 1. The Kier molecular flexibility index (Phi) is 6.08. The third kappa shape index (κ3) is 5.27. The summed E-state index contributed by atoms with van der Waals surface area (Å²) in [6, 6.07) is 9.17. The van der Waals surface area contributed by atoms with Gasteiger partial charge in [-0.25, -0.2) is 0 Å². The van der Waals surface area contributed by atoms with E-state index in [2.05, 4.69) is 21.2 Å². The van der Waals surface area contributed by atoms with E-state index in [0.29, 0.717) is 17.3 Å². The lowest BCUT2D eigenvalue weighted by molar-refractivity contribution is -0.117. The lowest BCUT2D eigenvalue weighted by Gasteiger charge is -2.15. The van der Waals surface area contributed by atoms with Crippen molar-refractivity contribution in [2.45, 2.75) is 6.54 Å². The van der Waals surface area contributed by atoms with Crippen molar-refractivity contribution < 1.29 is 4.79 Å². The topological polar surface area (TPSA) is 32.3 Å². The number of thiophene rings is 1. The number of hydrogen-bond acceptors (Lipinski definition) is 3. The van der Waals surface area contributed by atoms with Gasteiger partial charge in [-0.3, -0.25) is 9.69 Å². The molecule has 2 rings (SSSR count). The fourth-order valence-electron chi connectivity index (χ4n) is 1.78. The van der Waals surface area contributed by atoms with Crippen LogP contribution in [-0.4, -0.2) is 24.4 Å². The van der Waals surface area contributed by atoms with Gasteiger partial charge in [-0.15, -0.1) is 11.3 Å². The fourth-order valence-corrected chi connectivity index (χ4v) is 3.67. The minimum atomic E-state index is -0.107. The third-order valence-electron chi connectivity index (χ3n) is 2.67. The van der Waals surface area contributed by atoms with Crippen LogP contribution in [0.25, 0.3) is 0 Å². The number of likely N-dealkylation sites (N-methyl/N-ethyl adjacent to an activating group) is 1. The van der Waals surface area contributed by atoms with Gasteiger partial charge >= 0.3 is 0 Å². The van der Waals surface area contributed by atoms with Crippen LogP contribution in [0.4, 0.5) is 5.69 Å². The van der Waals surface area contributed by atoms with Crippen molar-refractivity contribution in [1.82, 2.24) is 4.90 Å². The second-order valence-electron chi connectivity index (χ2n) is 4.55. The summed E-state index contributed by atoms with van der Waals surface area (Å²) in [5.41, 5.74) is 0.609. The molecule has 1 N–H and O–H groups in total. The van der Waals surface area contributed by atoms with Gasteiger partial charge in [0.2, 0.25) is 5.91 Å². The first-order chi connectivity index (χ1) is 9.94. The number of carbonyl (C=O) groups excluding carboxylic acids is 1. The molecule has 0 unspecified atom stereocenters. The molecule has 1 aromatic heterocycles. The molecule has 0 bridgehead atoms. The highest BCUT2D eigenvalue weighted by atomic mass is 79.9. The Bertz CT molecular complexity index is 648. The van der Waals surface area contributed by atoms with E-state index in [4.69, 9.17) is 23.2 Å². The van der Waals surface area contributed by atoms with Crippen molar-refractivity contribution >= 4 is 62.1 Å². The standard InChI is InChI=1S/C14H13BrCl2N2OS/c1-19(7-10-3-5-13(17)21-10)8-14(20)18-12-4-2-9(15)6-11(12)16/h2-6H,7-8H2,1H3,(H,18,20). The highest BCUT2D eigenvalue weighted by Crippen LogP contribution is 2.26. The number of rotatable bonds is 5. The Morgan fingerprint density at radius 3 is 2.71 bits per heavy atom. The Balaban J connectivity index is 1.89. The van der Waals surface area contributed by atoms with Gasteiger partial charge in [-0.1, -0.05) is 39.1 Å². The normalized spacial score (nSPS) is 10.9. The second kappa shape index (κ2) is 7.61. The molecule has 0 aliphatic carbocycles. The first kappa shape index (κ1) is 16.8. The molecule has 1 heterocycles. The molecule has 0 atom stereocenters. The third-order valence-corrected chi connectivity index (χ3v) is 4.70. The van der Waals surface area contributed by atoms with E-state index >= 15 is 0 Å². The zero-order valence-electron chi connectivity index (χ0n) is 11.2. The molecule has 1 amide bonds. The highest BCUT2D eigenvalue weighted by Gasteiger charge is 2.10. The average molecular weight is 408 g/mol. The lowest BCUT2D eigenvalue weighted by Crippen LogP contribution is -2.29. The maximum atomic E-state index is 12.0. The Morgan fingerprint density at radius 2 is 2.10 bits per heavy atom. The van der Waals surface area contributed by atoms with E-state index in [1.54, 1.807) is 12.1 Å². The summed E-state index contributed by atoms with van der Waals surface area (Å²) in [5, 5.41) is 3.31. The van der Waals surface area contributed by atoms with Crippen LogP contribution in [0, 0.1) is 0 Å². The predicted octanol–water partition coefficient (Wildman–Crippen LogP) is 4.89. The van der Waals surface area contributed by atoms with E-state index in [1.807, 2.05) is 30.1 Å². The lowest BCUT2D eigenvalue weighted by atomic mass is 10.3. The molecule has 0 saturated heterocycles. The minimum Gasteiger partial charge on any atom is -0.324 e. The zero-order valence-corrected chi connectivity index (χ0v) is 15.1. The van der Waals surface area contributed by atoms with Gasteiger partial charge in [0, 0.05) is 15.9 Å². The van der Waals surface area contributed by atoms with E-state index in [1.165, 1.54) is 11.3 Å². The van der Waals surface area contributed by atoms with Crippen LogP contribution in [0.3, 0.4) is 0 Å². The highest BCUT2D eigenvalue weighted by molar-refractivity contribution is 9.10. The summed E-state index contributed by atoms with van der Waals surface area (Å²) >= 11 is 16.8. The number of nitrogens with one attached hydrogen (secondary N) is 1. The molecule has 0 aliphatic rings. The van der Waals surface area contributed by atoms with E-state index in [0.717, 1.165) is 13.7 Å². The first-order valence-electron chi connectivity index (χ1n) is 6.11. The molecular weight excluding hydrogens is 395 g/mol. The van der Waals surface area contributed by atoms with Crippen LogP contribution in [0.5, 0.6) is 0 Å². The molecular formula is C14H13BrCl2N2OS. The summed E-state index contributed by atoms with van der Waals surface area (Å²) in [6.07, 6.45) is 0. The van der Waals surface area contributed by atoms with E-state index in [-0.39, 0.29) is 12.5 Å². The molecule has 0 aliphatic heterocycles. The molecule has 112 valence electrons. The molecule has 3 nitrogen and oxygen atoms in total.